The van der Waals surface area contributed by atoms with E-state index in [-0.39, 0.29) is 0 Å². The van der Waals surface area contributed by atoms with Gasteiger partial charge in [-0.3, -0.25) is 0 Å². The molecule has 0 saturated carbocycles. The molecular formula is C18H23BrN2. The average Bonchev–Trinajstić information content (AvgIpc) is 2.51. The third-order valence-electron chi connectivity index (χ3n) is 3.72. The van der Waals surface area contributed by atoms with Gasteiger partial charge in [0.05, 0.1) is 0 Å². The lowest BCUT2D eigenvalue weighted by molar-refractivity contribution is 0.304. The van der Waals surface area contributed by atoms with Crippen molar-refractivity contribution in [3.8, 4) is 0 Å². The van der Waals surface area contributed by atoms with Gasteiger partial charge in [0.2, 0.25) is 0 Å². The van der Waals surface area contributed by atoms with E-state index in [1.807, 2.05) is 7.05 Å². The Hall–Kier alpha value is -1.16. The summed E-state index contributed by atoms with van der Waals surface area (Å²) in [6.07, 6.45) is 1.10. The van der Waals surface area contributed by atoms with Crippen LogP contribution in [0.4, 0.5) is 0 Å². The van der Waals surface area contributed by atoms with E-state index < -0.39 is 0 Å². The normalized spacial score (nSPS) is 12.6. The van der Waals surface area contributed by atoms with Crippen LogP contribution >= 0.6 is 15.9 Å². The van der Waals surface area contributed by atoms with Gasteiger partial charge in [0.25, 0.3) is 0 Å². The summed E-state index contributed by atoms with van der Waals surface area (Å²) in [7, 11) is 4.21. The van der Waals surface area contributed by atoms with Gasteiger partial charge in [-0.25, -0.2) is 0 Å². The minimum atomic E-state index is 0.415. The van der Waals surface area contributed by atoms with Crippen LogP contribution in [0.1, 0.15) is 23.6 Å². The van der Waals surface area contributed by atoms with Crippen LogP contribution in [0.15, 0.2) is 59.1 Å². The maximum Gasteiger partial charge on any atom is 0.0329 e. The SMILES string of the molecule is CNC(CCN(C)Cc1ccc(Br)cc1)c1ccccc1. The zero-order valence-electron chi connectivity index (χ0n) is 12.7. The van der Waals surface area contributed by atoms with E-state index in [2.05, 4.69) is 87.8 Å². The lowest BCUT2D eigenvalue weighted by Crippen LogP contribution is -2.25. The molecule has 0 aliphatic rings. The van der Waals surface area contributed by atoms with Crippen molar-refractivity contribution in [3.63, 3.8) is 0 Å². The summed E-state index contributed by atoms with van der Waals surface area (Å²) < 4.78 is 1.13. The van der Waals surface area contributed by atoms with Crippen molar-refractivity contribution in [1.29, 1.82) is 0 Å². The number of nitrogens with zero attached hydrogens (tertiary/aromatic N) is 1. The first-order valence-electron chi connectivity index (χ1n) is 7.34. The summed E-state index contributed by atoms with van der Waals surface area (Å²) in [4.78, 5) is 2.37. The fourth-order valence-electron chi connectivity index (χ4n) is 2.49. The molecule has 0 aromatic heterocycles. The lowest BCUT2D eigenvalue weighted by Gasteiger charge is -2.22. The van der Waals surface area contributed by atoms with Gasteiger partial charge >= 0.3 is 0 Å². The first kappa shape index (κ1) is 16.2. The highest BCUT2D eigenvalue weighted by Gasteiger charge is 2.10. The number of nitrogens with one attached hydrogen (secondary N) is 1. The molecule has 2 rings (SSSR count). The predicted octanol–water partition coefficient (Wildman–Crippen LogP) is 4.23. The fraction of sp³-hybridized carbons (Fsp3) is 0.333. The number of rotatable bonds is 7. The van der Waals surface area contributed by atoms with Gasteiger partial charge in [-0.2, -0.15) is 0 Å². The molecule has 2 nitrogen and oxygen atoms in total. The van der Waals surface area contributed by atoms with Crippen molar-refractivity contribution in [1.82, 2.24) is 10.2 Å². The molecule has 0 bridgehead atoms. The number of halogens is 1. The minimum absolute atomic E-state index is 0.415. The van der Waals surface area contributed by atoms with E-state index in [1.54, 1.807) is 0 Å². The van der Waals surface area contributed by atoms with Crippen molar-refractivity contribution in [2.75, 3.05) is 20.6 Å². The van der Waals surface area contributed by atoms with Gasteiger partial charge in [0.1, 0.15) is 0 Å². The Morgan fingerprint density at radius 3 is 2.33 bits per heavy atom. The molecule has 3 heteroatoms. The second kappa shape index (κ2) is 8.32. The van der Waals surface area contributed by atoms with Crippen molar-refractivity contribution in [2.24, 2.45) is 0 Å². The quantitative estimate of drug-likeness (QED) is 0.806. The van der Waals surface area contributed by atoms with E-state index >= 15 is 0 Å². The maximum absolute atomic E-state index is 3.47. The Bertz CT molecular complexity index is 525. The van der Waals surface area contributed by atoms with Crippen LogP contribution in [0.3, 0.4) is 0 Å². The predicted molar refractivity (Wildman–Crippen MR) is 93.3 cm³/mol. The first-order chi connectivity index (χ1) is 10.2. The van der Waals surface area contributed by atoms with E-state index in [0.717, 1.165) is 24.0 Å². The van der Waals surface area contributed by atoms with Crippen molar-refractivity contribution in [3.05, 3.63) is 70.2 Å². The monoisotopic (exact) mass is 346 g/mol. The van der Waals surface area contributed by atoms with E-state index in [4.69, 9.17) is 0 Å². The smallest absolute Gasteiger partial charge is 0.0329 e. The van der Waals surface area contributed by atoms with Gasteiger partial charge in [0.15, 0.2) is 0 Å². The molecule has 1 N–H and O–H groups in total. The molecule has 112 valence electrons. The highest BCUT2D eigenvalue weighted by atomic mass is 79.9. The zero-order valence-corrected chi connectivity index (χ0v) is 14.3. The molecular weight excluding hydrogens is 324 g/mol. The van der Waals surface area contributed by atoms with Crippen LogP contribution in [0.25, 0.3) is 0 Å². The first-order valence-corrected chi connectivity index (χ1v) is 8.13. The standard InChI is InChI=1S/C18H23BrN2/c1-20-18(16-6-4-3-5-7-16)12-13-21(2)14-15-8-10-17(19)11-9-15/h3-11,18,20H,12-14H2,1-2H3. The van der Waals surface area contributed by atoms with Crippen LogP contribution in [0.2, 0.25) is 0 Å². The summed E-state index contributed by atoms with van der Waals surface area (Å²) in [5, 5.41) is 3.41. The Balaban J connectivity index is 1.85. The Morgan fingerprint density at radius 2 is 1.71 bits per heavy atom. The number of benzene rings is 2. The van der Waals surface area contributed by atoms with Gasteiger partial charge in [-0.1, -0.05) is 58.4 Å². The summed E-state index contributed by atoms with van der Waals surface area (Å²) in [5.41, 5.74) is 2.71. The lowest BCUT2D eigenvalue weighted by atomic mass is 10.0. The van der Waals surface area contributed by atoms with Gasteiger partial charge < -0.3 is 10.2 Å². The Morgan fingerprint density at radius 1 is 1.05 bits per heavy atom. The molecule has 21 heavy (non-hydrogen) atoms. The summed E-state index contributed by atoms with van der Waals surface area (Å²) in [6, 6.07) is 19.6. The summed E-state index contributed by atoms with van der Waals surface area (Å²) in [5.74, 6) is 0. The topological polar surface area (TPSA) is 15.3 Å². The molecule has 0 saturated heterocycles. The van der Waals surface area contributed by atoms with Gasteiger partial charge in [-0.05, 0) is 50.3 Å². The molecule has 1 atom stereocenters. The molecule has 2 aromatic carbocycles. The minimum Gasteiger partial charge on any atom is -0.313 e. The van der Waals surface area contributed by atoms with Crippen LogP contribution in [-0.4, -0.2) is 25.5 Å². The summed E-state index contributed by atoms with van der Waals surface area (Å²) in [6.45, 7) is 2.05. The highest BCUT2D eigenvalue weighted by molar-refractivity contribution is 9.10. The fourth-order valence-corrected chi connectivity index (χ4v) is 2.76. The second-order valence-electron chi connectivity index (χ2n) is 5.40. The molecule has 0 radical (unpaired) electrons. The van der Waals surface area contributed by atoms with Crippen LogP contribution in [0, 0.1) is 0 Å². The molecule has 0 spiro atoms. The van der Waals surface area contributed by atoms with Crippen molar-refractivity contribution < 1.29 is 0 Å². The molecule has 0 fully saturated rings. The highest BCUT2D eigenvalue weighted by Crippen LogP contribution is 2.17. The third kappa shape index (κ3) is 5.27. The molecule has 0 aliphatic heterocycles. The summed E-state index contributed by atoms with van der Waals surface area (Å²) >= 11 is 3.47. The second-order valence-corrected chi connectivity index (χ2v) is 6.32. The van der Waals surface area contributed by atoms with Crippen LogP contribution in [-0.2, 0) is 6.54 Å². The van der Waals surface area contributed by atoms with E-state index in [0.29, 0.717) is 6.04 Å². The molecule has 0 heterocycles. The van der Waals surface area contributed by atoms with Crippen LogP contribution in [0.5, 0.6) is 0 Å². The molecule has 1 unspecified atom stereocenters. The third-order valence-corrected chi connectivity index (χ3v) is 4.24. The van der Waals surface area contributed by atoms with E-state index in [9.17, 15) is 0 Å². The van der Waals surface area contributed by atoms with Gasteiger partial charge in [-0.15, -0.1) is 0 Å². The average molecular weight is 347 g/mol. The van der Waals surface area contributed by atoms with Gasteiger partial charge in [0, 0.05) is 17.1 Å². The zero-order chi connectivity index (χ0) is 15.1. The molecule has 2 aromatic rings. The van der Waals surface area contributed by atoms with E-state index in [1.165, 1.54) is 11.1 Å². The number of hydrogen-bond acceptors (Lipinski definition) is 2. The van der Waals surface area contributed by atoms with Crippen LogP contribution < -0.4 is 5.32 Å². The van der Waals surface area contributed by atoms with Crippen molar-refractivity contribution in [2.45, 2.75) is 19.0 Å². The molecule has 0 amide bonds. The Kier molecular flexibility index (Phi) is 6.43. The maximum atomic E-state index is 3.47. The Labute approximate surface area is 136 Å². The number of hydrogen-bond donors (Lipinski definition) is 1. The molecule has 0 aliphatic carbocycles. The largest absolute Gasteiger partial charge is 0.313 e. The van der Waals surface area contributed by atoms with Crippen molar-refractivity contribution >= 4 is 15.9 Å².